The number of hydrogen-bond acceptors (Lipinski definition) is 6. The maximum Gasteiger partial charge on any atom is 0.329 e. The number of carbonyl (C=O) groups excluding carboxylic acids is 2. The van der Waals surface area contributed by atoms with Gasteiger partial charge in [0.1, 0.15) is 17.3 Å². The SMILES string of the molecule is Cc1ccc(-c2cc(Oc3ccc(NC(=O)N4CCC5(CC(F)(F)C5)C4=O)nc3)ccn2)cn1. The quantitative estimate of drug-likeness (QED) is 0.593. The number of pyridine rings is 3. The lowest BCUT2D eigenvalue weighted by molar-refractivity contribution is -0.176. The minimum Gasteiger partial charge on any atom is -0.456 e. The Bertz CT molecular complexity index is 1240. The van der Waals surface area contributed by atoms with Crippen molar-refractivity contribution < 1.29 is 23.1 Å². The maximum absolute atomic E-state index is 13.3. The van der Waals surface area contributed by atoms with Gasteiger partial charge in [-0.1, -0.05) is 0 Å². The molecular weight excluding hydrogens is 444 g/mol. The van der Waals surface area contributed by atoms with Crippen LogP contribution in [0.2, 0.25) is 0 Å². The summed E-state index contributed by atoms with van der Waals surface area (Å²) in [6.07, 6.45) is 4.06. The molecule has 0 atom stereocenters. The molecule has 3 aromatic heterocycles. The normalized spacial score (nSPS) is 18.0. The highest BCUT2D eigenvalue weighted by Crippen LogP contribution is 2.57. The van der Waals surface area contributed by atoms with Crippen LogP contribution in [0.5, 0.6) is 11.5 Å². The van der Waals surface area contributed by atoms with E-state index < -0.39 is 36.1 Å². The van der Waals surface area contributed by atoms with Crippen molar-refractivity contribution in [3.63, 3.8) is 0 Å². The lowest BCUT2D eigenvalue weighted by Crippen LogP contribution is -2.52. The first-order chi connectivity index (χ1) is 16.2. The van der Waals surface area contributed by atoms with E-state index in [-0.39, 0.29) is 18.8 Å². The van der Waals surface area contributed by atoms with E-state index in [9.17, 15) is 18.4 Å². The van der Waals surface area contributed by atoms with Gasteiger partial charge < -0.3 is 4.74 Å². The van der Waals surface area contributed by atoms with Gasteiger partial charge in [0.25, 0.3) is 0 Å². The maximum atomic E-state index is 13.3. The minimum absolute atomic E-state index is 0.114. The number of hydrogen-bond donors (Lipinski definition) is 1. The van der Waals surface area contributed by atoms with Crippen LogP contribution in [0.25, 0.3) is 11.3 Å². The zero-order valence-electron chi connectivity index (χ0n) is 18.3. The average Bonchev–Trinajstić information content (AvgIpc) is 3.11. The molecule has 1 spiro atoms. The molecule has 1 saturated heterocycles. The van der Waals surface area contributed by atoms with E-state index in [1.807, 2.05) is 19.1 Å². The Morgan fingerprint density at radius 1 is 1.06 bits per heavy atom. The molecule has 5 rings (SSSR count). The third kappa shape index (κ3) is 4.18. The number of aryl methyl sites for hydroxylation is 1. The van der Waals surface area contributed by atoms with Crippen LogP contribution in [0.3, 0.4) is 0 Å². The molecule has 0 radical (unpaired) electrons. The lowest BCUT2D eigenvalue weighted by Gasteiger charge is -2.42. The summed E-state index contributed by atoms with van der Waals surface area (Å²) in [5.74, 6) is -2.18. The lowest BCUT2D eigenvalue weighted by atomic mass is 9.65. The summed E-state index contributed by atoms with van der Waals surface area (Å²) in [7, 11) is 0. The van der Waals surface area contributed by atoms with E-state index in [0.29, 0.717) is 17.2 Å². The van der Waals surface area contributed by atoms with Gasteiger partial charge in [0.2, 0.25) is 11.8 Å². The number of nitrogens with zero attached hydrogens (tertiary/aromatic N) is 4. The second-order valence-corrected chi connectivity index (χ2v) is 8.67. The Morgan fingerprint density at radius 2 is 1.88 bits per heavy atom. The molecule has 3 aromatic rings. The highest BCUT2D eigenvalue weighted by molar-refractivity contribution is 6.04. The molecule has 0 bridgehead atoms. The monoisotopic (exact) mass is 465 g/mol. The summed E-state index contributed by atoms with van der Waals surface area (Å²) in [5, 5.41) is 2.54. The summed E-state index contributed by atoms with van der Waals surface area (Å²) < 4.78 is 32.4. The minimum atomic E-state index is -2.83. The van der Waals surface area contributed by atoms with E-state index in [0.717, 1.165) is 16.2 Å². The molecule has 4 heterocycles. The zero-order chi connectivity index (χ0) is 23.9. The van der Waals surface area contributed by atoms with Gasteiger partial charge in [-0.3, -0.25) is 25.0 Å². The molecule has 8 nitrogen and oxygen atoms in total. The third-order valence-electron chi connectivity index (χ3n) is 6.10. The van der Waals surface area contributed by atoms with E-state index in [2.05, 4.69) is 20.3 Å². The standard InChI is InChI=1S/C24H21F2N5O3/c1-15-2-3-16(11-28-15)19-10-17(6-8-27-19)34-18-4-5-20(29-12-18)30-22(33)31-9-7-23(21(31)32)13-24(25,26)14-23/h2-6,8,10-12H,7,9,13-14H2,1H3,(H,29,30,33). The predicted molar refractivity (Wildman–Crippen MR) is 118 cm³/mol. The number of ether oxygens (including phenoxy) is 1. The van der Waals surface area contributed by atoms with E-state index in [4.69, 9.17) is 4.74 Å². The van der Waals surface area contributed by atoms with Gasteiger partial charge in [-0.05, 0) is 43.7 Å². The predicted octanol–water partition coefficient (Wildman–Crippen LogP) is 4.82. The van der Waals surface area contributed by atoms with Gasteiger partial charge >= 0.3 is 6.03 Å². The van der Waals surface area contributed by atoms with Gasteiger partial charge in [0.05, 0.1) is 17.3 Å². The van der Waals surface area contributed by atoms with Crippen LogP contribution in [-0.2, 0) is 4.79 Å². The van der Waals surface area contributed by atoms with Gasteiger partial charge in [-0.15, -0.1) is 0 Å². The Morgan fingerprint density at radius 3 is 2.56 bits per heavy atom. The number of imide groups is 1. The summed E-state index contributed by atoms with van der Waals surface area (Å²) >= 11 is 0. The number of rotatable bonds is 4. The van der Waals surface area contributed by atoms with Crippen molar-refractivity contribution in [2.24, 2.45) is 5.41 Å². The van der Waals surface area contributed by atoms with E-state index in [1.165, 1.54) is 12.3 Å². The van der Waals surface area contributed by atoms with Crippen molar-refractivity contribution in [1.29, 1.82) is 0 Å². The molecule has 1 aliphatic carbocycles. The number of likely N-dealkylation sites (tertiary alicyclic amines) is 1. The molecule has 1 N–H and O–H groups in total. The molecule has 34 heavy (non-hydrogen) atoms. The fourth-order valence-corrected chi connectivity index (χ4v) is 4.36. The number of alkyl halides is 2. The molecule has 1 aliphatic heterocycles. The number of urea groups is 1. The first-order valence-corrected chi connectivity index (χ1v) is 10.8. The van der Waals surface area contributed by atoms with Crippen LogP contribution in [0.4, 0.5) is 19.4 Å². The molecule has 2 aliphatic rings. The van der Waals surface area contributed by atoms with Crippen molar-refractivity contribution in [3.8, 4) is 22.8 Å². The molecule has 10 heteroatoms. The topological polar surface area (TPSA) is 97.3 Å². The van der Waals surface area contributed by atoms with Gasteiger partial charge in [-0.25, -0.2) is 18.6 Å². The number of aromatic nitrogens is 3. The van der Waals surface area contributed by atoms with Crippen molar-refractivity contribution in [3.05, 3.63) is 60.7 Å². The number of nitrogens with one attached hydrogen (secondary N) is 1. The summed E-state index contributed by atoms with van der Waals surface area (Å²) in [5.41, 5.74) is 1.37. The highest BCUT2D eigenvalue weighted by Gasteiger charge is 2.64. The number of carbonyl (C=O) groups is 2. The second-order valence-electron chi connectivity index (χ2n) is 8.67. The van der Waals surface area contributed by atoms with Crippen LogP contribution in [0.1, 0.15) is 25.0 Å². The number of amides is 3. The molecule has 0 aromatic carbocycles. The van der Waals surface area contributed by atoms with Gasteiger partial charge in [0.15, 0.2) is 0 Å². The molecule has 2 fully saturated rings. The largest absolute Gasteiger partial charge is 0.456 e. The van der Waals surface area contributed by atoms with Crippen LogP contribution < -0.4 is 10.1 Å². The Balaban J connectivity index is 1.21. The Kier molecular flexibility index (Phi) is 5.22. The highest BCUT2D eigenvalue weighted by atomic mass is 19.3. The van der Waals surface area contributed by atoms with E-state index in [1.54, 1.807) is 30.6 Å². The van der Waals surface area contributed by atoms with Crippen molar-refractivity contribution in [1.82, 2.24) is 19.9 Å². The first kappa shape index (κ1) is 21.9. The van der Waals surface area contributed by atoms with Crippen molar-refractivity contribution in [2.45, 2.75) is 32.1 Å². The van der Waals surface area contributed by atoms with Gasteiger partial charge in [-0.2, -0.15) is 0 Å². The molecule has 1 saturated carbocycles. The second kappa shape index (κ2) is 8.12. The average molecular weight is 465 g/mol. The third-order valence-corrected chi connectivity index (χ3v) is 6.10. The Labute approximate surface area is 194 Å². The fourth-order valence-electron chi connectivity index (χ4n) is 4.36. The van der Waals surface area contributed by atoms with Crippen LogP contribution >= 0.6 is 0 Å². The van der Waals surface area contributed by atoms with Crippen molar-refractivity contribution >= 4 is 17.8 Å². The van der Waals surface area contributed by atoms with Gasteiger partial charge in [0, 0.05) is 49.1 Å². The summed E-state index contributed by atoms with van der Waals surface area (Å²) in [4.78, 5) is 38.8. The number of halogens is 2. The zero-order valence-corrected chi connectivity index (χ0v) is 18.3. The summed E-state index contributed by atoms with van der Waals surface area (Å²) in [6.45, 7) is 2.02. The fraction of sp³-hybridized carbons (Fsp3) is 0.292. The molecule has 0 unspecified atom stereocenters. The van der Waals surface area contributed by atoms with Crippen LogP contribution in [0.15, 0.2) is 55.0 Å². The molecule has 174 valence electrons. The summed E-state index contributed by atoms with van der Waals surface area (Å²) in [6, 6.07) is 9.79. The van der Waals surface area contributed by atoms with Crippen molar-refractivity contribution in [2.75, 3.05) is 11.9 Å². The molecular formula is C24H21F2N5O3. The first-order valence-electron chi connectivity index (χ1n) is 10.8. The van der Waals surface area contributed by atoms with Crippen LogP contribution in [-0.4, -0.2) is 44.3 Å². The number of anilines is 1. The Hall–Kier alpha value is -3.95. The van der Waals surface area contributed by atoms with Crippen LogP contribution in [0, 0.1) is 12.3 Å². The smallest absolute Gasteiger partial charge is 0.329 e. The van der Waals surface area contributed by atoms with E-state index >= 15 is 0 Å². The molecule has 3 amide bonds.